The highest BCUT2D eigenvalue weighted by Crippen LogP contribution is 2.26. The van der Waals surface area contributed by atoms with Gasteiger partial charge in [-0.05, 0) is 25.8 Å². The lowest BCUT2D eigenvalue weighted by molar-refractivity contribution is 0.340. The molecular weight excluding hydrogens is 190 g/mol. The van der Waals surface area contributed by atoms with Gasteiger partial charge in [-0.1, -0.05) is 19.0 Å². The van der Waals surface area contributed by atoms with Crippen molar-refractivity contribution in [1.82, 2.24) is 15.5 Å². The van der Waals surface area contributed by atoms with Crippen molar-refractivity contribution in [1.29, 1.82) is 0 Å². The first-order valence-electron chi connectivity index (χ1n) is 5.72. The Morgan fingerprint density at radius 2 is 2.33 bits per heavy atom. The molecule has 1 aromatic heterocycles. The van der Waals surface area contributed by atoms with Crippen molar-refractivity contribution in [2.24, 2.45) is 5.92 Å². The van der Waals surface area contributed by atoms with E-state index in [9.17, 15) is 0 Å². The molecule has 0 saturated carbocycles. The van der Waals surface area contributed by atoms with Crippen molar-refractivity contribution in [3.63, 3.8) is 0 Å². The Kier molecular flexibility index (Phi) is 3.05. The number of hydrogen-bond donors (Lipinski definition) is 1. The quantitative estimate of drug-likeness (QED) is 0.823. The van der Waals surface area contributed by atoms with E-state index in [1.54, 1.807) is 0 Å². The average molecular weight is 209 g/mol. The van der Waals surface area contributed by atoms with Gasteiger partial charge in [0, 0.05) is 12.5 Å². The standard InChI is InChI=1S/C11H19N3O/c1-7(2)6-10-13-11(15-14-10)9-4-5-12-8(9)3/h7-9,12H,4-6H2,1-3H3. The molecular formula is C11H19N3O. The first-order valence-corrected chi connectivity index (χ1v) is 5.72. The second-order valence-corrected chi connectivity index (χ2v) is 4.78. The van der Waals surface area contributed by atoms with Crippen molar-refractivity contribution in [3.05, 3.63) is 11.7 Å². The van der Waals surface area contributed by atoms with Crippen LogP contribution in [0.5, 0.6) is 0 Å². The lowest BCUT2D eigenvalue weighted by atomic mass is 10.0. The fourth-order valence-electron chi connectivity index (χ4n) is 2.06. The van der Waals surface area contributed by atoms with Crippen LogP contribution >= 0.6 is 0 Å². The molecule has 1 N–H and O–H groups in total. The number of rotatable bonds is 3. The van der Waals surface area contributed by atoms with E-state index >= 15 is 0 Å². The molecule has 0 bridgehead atoms. The van der Waals surface area contributed by atoms with E-state index in [1.807, 2.05) is 0 Å². The van der Waals surface area contributed by atoms with Crippen molar-refractivity contribution in [3.8, 4) is 0 Å². The molecule has 2 unspecified atom stereocenters. The number of nitrogens with one attached hydrogen (secondary N) is 1. The van der Waals surface area contributed by atoms with Crippen LogP contribution in [0.25, 0.3) is 0 Å². The molecule has 84 valence electrons. The van der Waals surface area contributed by atoms with Gasteiger partial charge in [-0.25, -0.2) is 0 Å². The van der Waals surface area contributed by atoms with Crippen LogP contribution < -0.4 is 5.32 Å². The van der Waals surface area contributed by atoms with Crippen LogP contribution in [0, 0.1) is 5.92 Å². The van der Waals surface area contributed by atoms with Gasteiger partial charge in [-0.15, -0.1) is 0 Å². The van der Waals surface area contributed by atoms with Crippen LogP contribution in [0.15, 0.2) is 4.52 Å². The Bertz CT molecular complexity index is 321. The van der Waals surface area contributed by atoms with Gasteiger partial charge < -0.3 is 9.84 Å². The summed E-state index contributed by atoms with van der Waals surface area (Å²) in [6.45, 7) is 7.54. The average Bonchev–Trinajstić information content (AvgIpc) is 2.72. The Hall–Kier alpha value is -0.900. The fraction of sp³-hybridized carbons (Fsp3) is 0.818. The minimum absolute atomic E-state index is 0.401. The lowest BCUT2D eigenvalue weighted by Crippen LogP contribution is -2.21. The summed E-state index contributed by atoms with van der Waals surface area (Å²) < 4.78 is 5.32. The third kappa shape index (κ3) is 2.37. The molecule has 2 rings (SSSR count). The Balaban J connectivity index is 2.06. The monoisotopic (exact) mass is 209 g/mol. The highest BCUT2D eigenvalue weighted by atomic mass is 16.5. The summed E-state index contributed by atoms with van der Waals surface area (Å²) in [6, 6.07) is 0.456. The first-order chi connectivity index (χ1) is 7.16. The van der Waals surface area contributed by atoms with E-state index in [0.29, 0.717) is 17.9 Å². The molecule has 1 saturated heterocycles. The summed E-state index contributed by atoms with van der Waals surface area (Å²) >= 11 is 0. The van der Waals surface area contributed by atoms with Crippen molar-refractivity contribution >= 4 is 0 Å². The molecule has 4 heteroatoms. The van der Waals surface area contributed by atoms with E-state index in [2.05, 4.69) is 36.2 Å². The Morgan fingerprint density at radius 3 is 2.93 bits per heavy atom. The highest BCUT2D eigenvalue weighted by Gasteiger charge is 2.29. The summed E-state index contributed by atoms with van der Waals surface area (Å²) in [6.07, 6.45) is 2.00. The largest absolute Gasteiger partial charge is 0.339 e. The number of aromatic nitrogens is 2. The van der Waals surface area contributed by atoms with E-state index in [4.69, 9.17) is 4.52 Å². The smallest absolute Gasteiger partial charge is 0.231 e. The van der Waals surface area contributed by atoms with Gasteiger partial charge in [-0.3, -0.25) is 0 Å². The zero-order valence-electron chi connectivity index (χ0n) is 9.66. The molecule has 0 amide bonds. The van der Waals surface area contributed by atoms with Gasteiger partial charge in [0.2, 0.25) is 5.89 Å². The molecule has 0 spiro atoms. The maximum atomic E-state index is 5.32. The molecule has 0 aliphatic carbocycles. The topological polar surface area (TPSA) is 51.0 Å². The second-order valence-electron chi connectivity index (χ2n) is 4.78. The van der Waals surface area contributed by atoms with Gasteiger partial charge in [0.15, 0.2) is 5.82 Å². The minimum atomic E-state index is 0.401. The van der Waals surface area contributed by atoms with Gasteiger partial charge in [0.25, 0.3) is 0 Å². The molecule has 2 heterocycles. The second kappa shape index (κ2) is 4.31. The maximum Gasteiger partial charge on any atom is 0.231 e. The molecule has 1 aliphatic heterocycles. The van der Waals surface area contributed by atoms with Crippen LogP contribution in [0.4, 0.5) is 0 Å². The van der Waals surface area contributed by atoms with Crippen LogP contribution in [0.1, 0.15) is 44.8 Å². The minimum Gasteiger partial charge on any atom is -0.339 e. The number of hydrogen-bond acceptors (Lipinski definition) is 4. The molecule has 1 aliphatic rings. The van der Waals surface area contributed by atoms with Gasteiger partial charge in [0.1, 0.15) is 0 Å². The molecule has 1 fully saturated rings. The summed E-state index contributed by atoms with van der Waals surface area (Å²) in [7, 11) is 0. The fourth-order valence-corrected chi connectivity index (χ4v) is 2.06. The first kappa shape index (κ1) is 10.6. The Morgan fingerprint density at radius 1 is 1.53 bits per heavy atom. The number of nitrogens with zero attached hydrogens (tertiary/aromatic N) is 2. The SMILES string of the molecule is CC(C)Cc1noc(C2CCNC2C)n1. The maximum absolute atomic E-state index is 5.32. The van der Waals surface area contributed by atoms with E-state index in [0.717, 1.165) is 31.1 Å². The lowest BCUT2D eigenvalue weighted by Gasteiger charge is -2.08. The third-order valence-corrected chi connectivity index (χ3v) is 2.92. The zero-order chi connectivity index (χ0) is 10.8. The van der Waals surface area contributed by atoms with Crippen LogP contribution in [-0.4, -0.2) is 22.7 Å². The van der Waals surface area contributed by atoms with Crippen molar-refractivity contribution in [2.75, 3.05) is 6.54 Å². The van der Waals surface area contributed by atoms with Gasteiger partial charge in [-0.2, -0.15) is 4.98 Å². The molecule has 2 atom stereocenters. The van der Waals surface area contributed by atoms with E-state index in [1.165, 1.54) is 0 Å². The zero-order valence-corrected chi connectivity index (χ0v) is 9.66. The Labute approximate surface area is 90.4 Å². The highest BCUT2D eigenvalue weighted by molar-refractivity contribution is 5.02. The van der Waals surface area contributed by atoms with Crippen LogP contribution in [-0.2, 0) is 6.42 Å². The molecule has 0 aromatic carbocycles. The van der Waals surface area contributed by atoms with Crippen molar-refractivity contribution < 1.29 is 4.52 Å². The molecule has 4 nitrogen and oxygen atoms in total. The van der Waals surface area contributed by atoms with Crippen LogP contribution in [0.2, 0.25) is 0 Å². The third-order valence-electron chi connectivity index (χ3n) is 2.92. The summed E-state index contributed by atoms with van der Waals surface area (Å²) in [5, 5.41) is 7.41. The molecule has 0 radical (unpaired) electrons. The summed E-state index contributed by atoms with van der Waals surface area (Å²) in [5.74, 6) is 2.63. The predicted molar refractivity (Wildman–Crippen MR) is 57.7 cm³/mol. The normalized spacial score (nSPS) is 26.4. The van der Waals surface area contributed by atoms with Crippen molar-refractivity contribution in [2.45, 2.75) is 45.6 Å². The van der Waals surface area contributed by atoms with E-state index in [-0.39, 0.29) is 0 Å². The summed E-state index contributed by atoms with van der Waals surface area (Å²) in [5.41, 5.74) is 0. The van der Waals surface area contributed by atoms with Crippen LogP contribution in [0.3, 0.4) is 0 Å². The van der Waals surface area contributed by atoms with Gasteiger partial charge >= 0.3 is 0 Å². The van der Waals surface area contributed by atoms with E-state index < -0.39 is 0 Å². The summed E-state index contributed by atoms with van der Waals surface area (Å²) in [4.78, 5) is 4.47. The predicted octanol–water partition coefficient (Wildman–Crippen LogP) is 1.73. The van der Waals surface area contributed by atoms with Gasteiger partial charge in [0.05, 0.1) is 5.92 Å². The molecule has 15 heavy (non-hydrogen) atoms. The molecule has 1 aromatic rings.